The Balaban J connectivity index is 3.18. The Morgan fingerprint density at radius 3 is 1.87 bits per heavy atom. The maximum atomic E-state index is 10.8. The maximum absolute atomic E-state index is 10.8. The van der Waals surface area contributed by atoms with Crippen LogP contribution in [0.2, 0.25) is 0 Å². The van der Waals surface area contributed by atoms with Gasteiger partial charge in [-0.3, -0.25) is 0 Å². The minimum atomic E-state index is -0.421. The number of carbonyl (C=O) groups is 1. The van der Waals surface area contributed by atoms with Crippen LogP contribution in [0.4, 0.5) is 0 Å². The van der Waals surface area contributed by atoms with Crippen molar-refractivity contribution in [3.8, 4) is 0 Å². The first-order valence-corrected chi connectivity index (χ1v) is 9.46. The van der Waals surface area contributed by atoms with Gasteiger partial charge in [-0.05, 0) is 18.9 Å². The summed E-state index contributed by atoms with van der Waals surface area (Å²) < 4.78 is 4.72. The van der Waals surface area contributed by atoms with Gasteiger partial charge < -0.3 is 4.74 Å². The zero-order chi connectivity index (χ0) is 17.0. The number of hydrogen-bond donors (Lipinski definition) is 0. The maximum Gasteiger partial charge on any atom is 0.334 e. The fourth-order valence-corrected chi connectivity index (χ4v) is 2.48. The van der Waals surface area contributed by atoms with E-state index in [1.54, 1.807) is 6.08 Å². The van der Waals surface area contributed by atoms with Crippen molar-refractivity contribution in [2.75, 3.05) is 0 Å². The standard InChI is InChI=1S/C21H36O2/c1-3-5-6-7-8-9-10-11-12-13-14-15-16-17-18-19-20-23-21(22)4-2/h4,17-20H,2-3,5-16H2,1H3. The molecule has 0 aromatic heterocycles. The third-order valence-electron chi connectivity index (χ3n) is 3.90. The van der Waals surface area contributed by atoms with E-state index in [4.69, 9.17) is 4.74 Å². The molecule has 0 rings (SSSR count). The molecule has 0 unspecified atom stereocenters. The van der Waals surface area contributed by atoms with E-state index >= 15 is 0 Å². The third kappa shape index (κ3) is 18.6. The summed E-state index contributed by atoms with van der Waals surface area (Å²) in [6.07, 6.45) is 26.0. The lowest BCUT2D eigenvalue weighted by Crippen LogP contribution is -1.91. The molecule has 0 bridgehead atoms. The average Bonchev–Trinajstić information content (AvgIpc) is 2.57. The van der Waals surface area contributed by atoms with E-state index < -0.39 is 5.97 Å². The van der Waals surface area contributed by atoms with Gasteiger partial charge in [0.1, 0.15) is 0 Å². The number of unbranched alkanes of at least 4 members (excludes halogenated alkanes) is 12. The smallest absolute Gasteiger partial charge is 0.334 e. The SMILES string of the molecule is C=CC(=O)OC=CC=CCCCCCCCCCCCCCC. The van der Waals surface area contributed by atoms with Crippen LogP contribution >= 0.6 is 0 Å². The monoisotopic (exact) mass is 320 g/mol. The van der Waals surface area contributed by atoms with E-state index in [0.717, 1.165) is 12.5 Å². The summed E-state index contributed by atoms with van der Waals surface area (Å²) in [7, 11) is 0. The van der Waals surface area contributed by atoms with Gasteiger partial charge in [-0.1, -0.05) is 96.3 Å². The van der Waals surface area contributed by atoms with Crippen molar-refractivity contribution < 1.29 is 9.53 Å². The second-order valence-corrected chi connectivity index (χ2v) is 6.08. The van der Waals surface area contributed by atoms with Gasteiger partial charge in [0.25, 0.3) is 0 Å². The van der Waals surface area contributed by atoms with E-state index in [1.807, 2.05) is 6.08 Å². The van der Waals surface area contributed by atoms with Crippen LogP contribution in [0.3, 0.4) is 0 Å². The predicted octanol–water partition coefficient (Wildman–Crippen LogP) is 6.88. The highest BCUT2D eigenvalue weighted by Crippen LogP contribution is 2.12. The quantitative estimate of drug-likeness (QED) is 0.102. The molecule has 2 heteroatoms. The highest BCUT2D eigenvalue weighted by Gasteiger charge is 1.93. The lowest BCUT2D eigenvalue weighted by atomic mass is 10.0. The van der Waals surface area contributed by atoms with Crippen molar-refractivity contribution >= 4 is 5.97 Å². The summed E-state index contributed by atoms with van der Waals surface area (Å²) in [5.74, 6) is -0.421. The first-order valence-electron chi connectivity index (χ1n) is 9.46. The number of allylic oxidation sites excluding steroid dienone is 3. The van der Waals surface area contributed by atoms with Crippen LogP contribution in [0.15, 0.2) is 37.1 Å². The fourth-order valence-electron chi connectivity index (χ4n) is 2.48. The van der Waals surface area contributed by atoms with E-state index in [-0.39, 0.29) is 0 Å². The highest BCUT2D eigenvalue weighted by atomic mass is 16.5. The molecule has 0 aliphatic carbocycles. The third-order valence-corrected chi connectivity index (χ3v) is 3.90. The Morgan fingerprint density at radius 1 is 0.826 bits per heavy atom. The van der Waals surface area contributed by atoms with Crippen LogP contribution in [-0.4, -0.2) is 5.97 Å². The largest absolute Gasteiger partial charge is 0.431 e. The Labute approximate surface area is 143 Å². The number of esters is 1. The van der Waals surface area contributed by atoms with E-state index in [2.05, 4.69) is 19.6 Å². The first-order chi connectivity index (χ1) is 11.3. The van der Waals surface area contributed by atoms with Crippen LogP contribution < -0.4 is 0 Å². The highest BCUT2D eigenvalue weighted by molar-refractivity contribution is 5.81. The zero-order valence-electron chi connectivity index (χ0n) is 15.1. The van der Waals surface area contributed by atoms with Gasteiger partial charge in [0, 0.05) is 6.08 Å². The number of carbonyl (C=O) groups excluding carboxylic acids is 1. The van der Waals surface area contributed by atoms with Gasteiger partial charge in [0.15, 0.2) is 0 Å². The summed E-state index contributed by atoms with van der Waals surface area (Å²) in [5, 5.41) is 0. The van der Waals surface area contributed by atoms with Crippen LogP contribution in [-0.2, 0) is 9.53 Å². The summed E-state index contributed by atoms with van der Waals surface area (Å²) in [5.41, 5.74) is 0. The minimum absolute atomic E-state index is 0.421. The fraction of sp³-hybridized carbons (Fsp3) is 0.667. The molecule has 0 atom stereocenters. The van der Waals surface area contributed by atoms with Crippen LogP contribution in [0.1, 0.15) is 90.4 Å². The van der Waals surface area contributed by atoms with Crippen LogP contribution in [0, 0.1) is 0 Å². The summed E-state index contributed by atoms with van der Waals surface area (Å²) in [6.45, 7) is 5.60. The molecule has 0 fully saturated rings. The second-order valence-electron chi connectivity index (χ2n) is 6.08. The van der Waals surface area contributed by atoms with E-state index in [0.29, 0.717) is 0 Å². The van der Waals surface area contributed by atoms with Crippen molar-refractivity contribution in [3.63, 3.8) is 0 Å². The second kappa shape index (κ2) is 18.7. The lowest BCUT2D eigenvalue weighted by Gasteiger charge is -2.02. The molecule has 0 spiro atoms. The van der Waals surface area contributed by atoms with E-state index in [1.165, 1.54) is 83.3 Å². The molecule has 2 nitrogen and oxygen atoms in total. The van der Waals surface area contributed by atoms with Crippen molar-refractivity contribution in [1.29, 1.82) is 0 Å². The number of ether oxygens (including phenoxy) is 1. The minimum Gasteiger partial charge on any atom is -0.431 e. The molecule has 0 heterocycles. The first kappa shape index (κ1) is 21.7. The molecule has 0 aromatic rings. The molecule has 0 aliphatic heterocycles. The van der Waals surface area contributed by atoms with Crippen LogP contribution in [0.25, 0.3) is 0 Å². The van der Waals surface area contributed by atoms with Gasteiger partial charge in [0.2, 0.25) is 0 Å². The van der Waals surface area contributed by atoms with Gasteiger partial charge in [-0.2, -0.15) is 0 Å². The van der Waals surface area contributed by atoms with Crippen molar-refractivity contribution in [2.45, 2.75) is 90.4 Å². The lowest BCUT2D eigenvalue weighted by molar-refractivity contribution is -0.132. The van der Waals surface area contributed by atoms with Crippen molar-refractivity contribution in [2.24, 2.45) is 0 Å². The molecule has 0 aromatic carbocycles. The molecule has 0 N–H and O–H groups in total. The molecule has 0 radical (unpaired) electrons. The Kier molecular flexibility index (Phi) is 17.7. The molecular formula is C21H36O2. The zero-order valence-corrected chi connectivity index (χ0v) is 15.1. The van der Waals surface area contributed by atoms with Gasteiger partial charge >= 0.3 is 5.97 Å². The Hall–Kier alpha value is -1.31. The molecule has 0 amide bonds. The van der Waals surface area contributed by atoms with E-state index in [9.17, 15) is 4.79 Å². The number of rotatable bonds is 16. The molecule has 0 aliphatic rings. The molecule has 23 heavy (non-hydrogen) atoms. The topological polar surface area (TPSA) is 26.3 Å². The molecule has 132 valence electrons. The van der Waals surface area contributed by atoms with Crippen molar-refractivity contribution in [3.05, 3.63) is 37.1 Å². The van der Waals surface area contributed by atoms with Gasteiger partial charge in [0.05, 0.1) is 6.26 Å². The van der Waals surface area contributed by atoms with Crippen LogP contribution in [0.5, 0.6) is 0 Å². The molecule has 0 saturated heterocycles. The molecule has 0 saturated carbocycles. The Morgan fingerprint density at radius 2 is 1.35 bits per heavy atom. The average molecular weight is 321 g/mol. The van der Waals surface area contributed by atoms with Crippen molar-refractivity contribution in [1.82, 2.24) is 0 Å². The van der Waals surface area contributed by atoms with Gasteiger partial charge in [-0.15, -0.1) is 0 Å². The summed E-state index contributed by atoms with van der Waals surface area (Å²) in [6, 6.07) is 0. The Bertz CT molecular complexity index is 329. The summed E-state index contributed by atoms with van der Waals surface area (Å²) >= 11 is 0. The predicted molar refractivity (Wildman–Crippen MR) is 100 cm³/mol. The summed E-state index contributed by atoms with van der Waals surface area (Å²) in [4.78, 5) is 10.8. The number of hydrogen-bond acceptors (Lipinski definition) is 2. The van der Waals surface area contributed by atoms with Gasteiger partial charge in [-0.25, -0.2) is 4.79 Å². The normalized spacial score (nSPS) is 11.3. The molecular weight excluding hydrogens is 284 g/mol.